The third-order valence-corrected chi connectivity index (χ3v) is 7.85. The molecule has 1 atom stereocenters. The molecule has 1 aliphatic carbocycles. The predicted molar refractivity (Wildman–Crippen MR) is 109 cm³/mol. The quantitative estimate of drug-likeness (QED) is 0.752. The van der Waals surface area contributed by atoms with Crippen LogP contribution >= 0.6 is 11.8 Å². The number of amides is 1. The lowest BCUT2D eigenvalue weighted by Crippen LogP contribution is -2.51. The van der Waals surface area contributed by atoms with Crippen molar-refractivity contribution in [1.82, 2.24) is 14.7 Å². The van der Waals surface area contributed by atoms with Crippen LogP contribution < -0.4 is 0 Å². The van der Waals surface area contributed by atoms with E-state index in [1.54, 1.807) is 11.3 Å². The molecule has 1 amide bonds. The topological polar surface area (TPSA) is 26.8 Å². The first-order chi connectivity index (χ1) is 12.7. The third-order valence-electron chi connectivity index (χ3n) is 6.91. The van der Waals surface area contributed by atoms with Crippen LogP contribution in [0.3, 0.4) is 0 Å². The average Bonchev–Trinajstić information content (AvgIpc) is 2.63. The molecular formula is C21H35N3OS. The molecule has 3 saturated heterocycles. The number of allylic oxidation sites excluding steroid dienone is 2. The minimum Gasteiger partial charge on any atom is -0.373 e. The van der Waals surface area contributed by atoms with E-state index < -0.39 is 0 Å². The van der Waals surface area contributed by atoms with Gasteiger partial charge in [0, 0.05) is 48.8 Å². The van der Waals surface area contributed by atoms with E-state index >= 15 is 0 Å². The molecule has 146 valence electrons. The van der Waals surface area contributed by atoms with E-state index in [0.29, 0.717) is 11.9 Å². The third kappa shape index (κ3) is 4.09. The van der Waals surface area contributed by atoms with Gasteiger partial charge in [-0.1, -0.05) is 5.57 Å². The molecule has 0 aromatic rings. The molecule has 0 N–H and O–H groups in total. The fourth-order valence-corrected chi connectivity index (χ4v) is 5.94. The molecule has 3 aliphatic heterocycles. The molecule has 26 heavy (non-hydrogen) atoms. The molecule has 0 aromatic carbocycles. The Morgan fingerprint density at radius 2 is 1.73 bits per heavy atom. The minimum atomic E-state index is 0.237. The van der Waals surface area contributed by atoms with Gasteiger partial charge in [-0.05, 0) is 71.5 Å². The number of rotatable bonds is 4. The second-order valence-electron chi connectivity index (χ2n) is 8.61. The number of nitrogens with zero attached hydrogens (tertiary/aromatic N) is 3. The number of piperidine rings is 2. The number of carbonyl (C=O) groups excluding carboxylic acids is 1. The highest BCUT2D eigenvalue weighted by atomic mass is 32.2. The summed E-state index contributed by atoms with van der Waals surface area (Å²) < 4.78 is 0. The molecule has 5 heteroatoms. The van der Waals surface area contributed by atoms with Gasteiger partial charge in [0.05, 0.1) is 0 Å². The lowest BCUT2D eigenvalue weighted by molar-refractivity contribution is -0.142. The molecule has 0 aromatic heterocycles. The van der Waals surface area contributed by atoms with Crippen LogP contribution in [0.25, 0.3) is 0 Å². The first-order valence-electron chi connectivity index (χ1n) is 10.7. The molecule has 4 nitrogen and oxygen atoms in total. The maximum Gasteiger partial charge on any atom is 0.226 e. The molecule has 1 unspecified atom stereocenters. The van der Waals surface area contributed by atoms with Crippen molar-refractivity contribution in [3.05, 3.63) is 11.3 Å². The molecular weight excluding hydrogens is 342 g/mol. The smallest absolute Gasteiger partial charge is 0.226 e. The monoisotopic (exact) mass is 377 g/mol. The van der Waals surface area contributed by atoms with Crippen molar-refractivity contribution in [3.8, 4) is 0 Å². The Hall–Kier alpha value is -0.680. The number of carbonyl (C=O) groups is 1. The predicted octanol–water partition coefficient (Wildman–Crippen LogP) is 3.20. The fourth-order valence-electron chi connectivity index (χ4n) is 5.04. The summed E-state index contributed by atoms with van der Waals surface area (Å²) in [5.74, 6) is 3.20. The lowest BCUT2D eigenvalue weighted by atomic mass is 9.84. The van der Waals surface area contributed by atoms with Gasteiger partial charge in [-0.25, -0.2) is 0 Å². The summed E-state index contributed by atoms with van der Waals surface area (Å²) >= 11 is 2.08. The summed E-state index contributed by atoms with van der Waals surface area (Å²) in [6.45, 7) is 5.64. The Bertz CT molecular complexity index is 529. The highest BCUT2D eigenvalue weighted by Gasteiger charge is 2.36. The lowest BCUT2D eigenvalue weighted by Gasteiger charge is -2.43. The zero-order chi connectivity index (χ0) is 17.9. The van der Waals surface area contributed by atoms with Crippen molar-refractivity contribution >= 4 is 17.7 Å². The van der Waals surface area contributed by atoms with Crippen LogP contribution in [0.5, 0.6) is 0 Å². The van der Waals surface area contributed by atoms with Crippen LogP contribution in [-0.2, 0) is 4.79 Å². The summed E-state index contributed by atoms with van der Waals surface area (Å²) in [5, 5.41) is 0. The number of thioether (sulfide) groups is 1. The van der Waals surface area contributed by atoms with Crippen molar-refractivity contribution in [2.24, 2.45) is 5.92 Å². The molecule has 4 aliphatic rings. The number of hydrogen-bond donors (Lipinski definition) is 0. The summed E-state index contributed by atoms with van der Waals surface area (Å²) in [6, 6.07) is 0.493. The van der Waals surface area contributed by atoms with Gasteiger partial charge in [0.25, 0.3) is 0 Å². The van der Waals surface area contributed by atoms with E-state index in [2.05, 4.69) is 33.5 Å². The van der Waals surface area contributed by atoms with E-state index in [1.165, 1.54) is 50.3 Å². The molecule has 0 radical (unpaired) electrons. The second-order valence-corrected chi connectivity index (χ2v) is 9.84. The fraction of sp³-hybridized carbons (Fsp3) is 0.857. The van der Waals surface area contributed by atoms with E-state index in [1.807, 2.05) is 0 Å². The molecule has 1 saturated carbocycles. The van der Waals surface area contributed by atoms with Gasteiger partial charge in [0.15, 0.2) is 0 Å². The van der Waals surface area contributed by atoms with Crippen LogP contribution in [0.2, 0.25) is 0 Å². The Kier molecular flexibility index (Phi) is 6.14. The minimum absolute atomic E-state index is 0.237. The normalized spacial score (nSPS) is 29.0. The first kappa shape index (κ1) is 18.7. The van der Waals surface area contributed by atoms with Crippen molar-refractivity contribution in [2.45, 2.75) is 57.4 Å². The van der Waals surface area contributed by atoms with Crippen LogP contribution in [0, 0.1) is 5.92 Å². The van der Waals surface area contributed by atoms with Gasteiger partial charge < -0.3 is 14.7 Å². The standard InChI is InChI=1S/C21H35N3OS/c1-22-10-7-19(8-11-22)24-9-3-6-18(21(24)25)16-20(17-4-2-5-17)23-12-14-26-15-13-23/h18-19H,2-16H2,1H3. The van der Waals surface area contributed by atoms with Gasteiger partial charge in [0.2, 0.25) is 5.91 Å². The van der Waals surface area contributed by atoms with E-state index in [-0.39, 0.29) is 5.92 Å². The second kappa shape index (κ2) is 8.55. The van der Waals surface area contributed by atoms with Crippen LogP contribution in [-0.4, -0.2) is 77.9 Å². The van der Waals surface area contributed by atoms with Gasteiger partial charge in [-0.3, -0.25) is 4.79 Å². The summed E-state index contributed by atoms with van der Waals surface area (Å²) in [7, 11) is 2.20. The van der Waals surface area contributed by atoms with Crippen molar-refractivity contribution in [2.75, 3.05) is 51.3 Å². The summed E-state index contributed by atoms with van der Waals surface area (Å²) in [5.41, 5.74) is 3.24. The van der Waals surface area contributed by atoms with Crippen molar-refractivity contribution in [3.63, 3.8) is 0 Å². The van der Waals surface area contributed by atoms with E-state index in [0.717, 1.165) is 45.3 Å². The highest BCUT2D eigenvalue weighted by molar-refractivity contribution is 7.99. The van der Waals surface area contributed by atoms with Crippen molar-refractivity contribution < 1.29 is 4.79 Å². The largest absolute Gasteiger partial charge is 0.373 e. The van der Waals surface area contributed by atoms with Crippen molar-refractivity contribution in [1.29, 1.82) is 0 Å². The molecule has 3 heterocycles. The first-order valence-corrected chi connectivity index (χ1v) is 11.9. The Labute approximate surface area is 163 Å². The average molecular weight is 378 g/mol. The molecule has 4 fully saturated rings. The van der Waals surface area contributed by atoms with Gasteiger partial charge in [0.1, 0.15) is 0 Å². The molecule has 0 bridgehead atoms. The zero-order valence-corrected chi connectivity index (χ0v) is 17.2. The molecule has 4 rings (SSSR count). The summed E-state index contributed by atoms with van der Waals surface area (Å²) in [4.78, 5) is 20.6. The summed E-state index contributed by atoms with van der Waals surface area (Å²) in [6.07, 6.45) is 9.53. The van der Waals surface area contributed by atoms with Gasteiger partial charge in [-0.15, -0.1) is 0 Å². The maximum absolute atomic E-state index is 13.3. The van der Waals surface area contributed by atoms with Gasteiger partial charge in [-0.2, -0.15) is 11.8 Å². The Balaban J connectivity index is 1.43. The zero-order valence-electron chi connectivity index (χ0n) is 16.4. The van der Waals surface area contributed by atoms with E-state index in [9.17, 15) is 4.79 Å². The Morgan fingerprint density at radius 1 is 1.00 bits per heavy atom. The van der Waals surface area contributed by atoms with Crippen LogP contribution in [0.15, 0.2) is 11.3 Å². The van der Waals surface area contributed by atoms with Crippen LogP contribution in [0.1, 0.15) is 51.4 Å². The number of hydrogen-bond acceptors (Lipinski definition) is 4. The highest BCUT2D eigenvalue weighted by Crippen LogP contribution is 2.37. The molecule has 0 spiro atoms. The Morgan fingerprint density at radius 3 is 2.38 bits per heavy atom. The maximum atomic E-state index is 13.3. The number of likely N-dealkylation sites (tertiary alicyclic amines) is 2. The van der Waals surface area contributed by atoms with Gasteiger partial charge >= 0.3 is 0 Å². The van der Waals surface area contributed by atoms with Crippen LogP contribution in [0.4, 0.5) is 0 Å². The van der Waals surface area contributed by atoms with E-state index in [4.69, 9.17) is 0 Å². The SMILES string of the molecule is CN1CCC(N2CCCC(CC(=C3CCC3)N3CCSCC3)C2=O)CC1.